The Morgan fingerprint density at radius 2 is 2.00 bits per heavy atom. The Bertz CT molecular complexity index is 780. The first kappa shape index (κ1) is 17.7. The fourth-order valence-electron chi connectivity index (χ4n) is 2.07. The number of anilines is 1. The molecule has 0 heterocycles. The lowest BCUT2D eigenvalue weighted by molar-refractivity contribution is -0.119. The molecule has 0 aliphatic heterocycles. The predicted molar refractivity (Wildman–Crippen MR) is 89.9 cm³/mol. The number of hydrogen-bond acceptors (Lipinski definition) is 3. The molecule has 0 radical (unpaired) electrons. The maximum atomic E-state index is 13.7. The van der Waals surface area contributed by atoms with Crippen molar-refractivity contribution in [1.29, 1.82) is 0 Å². The largest absolute Gasteiger partial charge is 0.478 e. The number of carboxylic acids is 1. The van der Waals surface area contributed by atoms with Crippen molar-refractivity contribution in [2.75, 3.05) is 11.9 Å². The molecule has 5 nitrogen and oxygen atoms in total. The van der Waals surface area contributed by atoms with Crippen LogP contribution >= 0.6 is 11.6 Å². The van der Waals surface area contributed by atoms with Gasteiger partial charge >= 0.3 is 5.97 Å². The third-order valence-corrected chi connectivity index (χ3v) is 3.89. The average Bonchev–Trinajstić information content (AvgIpc) is 2.55. The number of amides is 1. The number of carboxylic acid groups (broad SMARTS) is 1. The van der Waals surface area contributed by atoms with Crippen LogP contribution in [0.15, 0.2) is 36.4 Å². The van der Waals surface area contributed by atoms with Crippen LogP contribution in [-0.2, 0) is 11.3 Å². The summed E-state index contributed by atoms with van der Waals surface area (Å²) in [4.78, 5) is 22.8. The van der Waals surface area contributed by atoms with E-state index in [1.54, 1.807) is 18.2 Å². The van der Waals surface area contributed by atoms with E-state index in [-0.39, 0.29) is 30.1 Å². The molecule has 2 aromatic carbocycles. The lowest BCUT2D eigenvalue weighted by Crippen LogP contribution is -2.30. The van der Waals surface area contributed by atoms with Gasteiger partial charge in [-0.1, -0.05) is 17.7 Å². The monoisotopic (exact) mass is 350 g/mol. The van der Waals surface area contributed by atoms with Crippen molar-refractivity contribution in [3.05, 3.63) is 63.9 Å². The summed E-state index contributed by atoms with van der Waals surface area (Å²) in [6, 6.07) is 8.75. The van der Waals surface area contributed by atoms with Crippen molar-refractivity contribution in [3.63, 3.8) is 0 Å². The summed E-state index contributed by atoms with van der Waals surface area (Å²) >= 11 is 6.00. The molecule has 2 rings (SSSR count). The van der Waals surface area contributed by atoms with Crippen LogP contribution < -0.4 is 10.6 Å². The lowest BCUT2D eigenvalue weighted by atomic mass is 10.1. The maximum absolute atomic E-state index is 13.7. The van der Waals surface area contributed by atoms with Gasteiger partial charge in [0, 0.05) is 22.8 Å². The first-order chi connectivity index (χ1) is 11.4. The highest BCUT2D eigenvalue weighted by molar-refractivity contribution is 6.31. The molecule has 0 saturated carbocycles. The molecule has 0 aliphatic carbocycles. The van der Waals surface area contributed by atoms with Crippen LogP contribution in [0.3, 0.4) is 0 Å². The van der Waals surface area contributed by atoms with Crippen molar-refractivity contribution in [2.45, 2.75) is 13.5 Å². The molecule has 0 atom stereocenters. The van der Waals surface area contributed by atoms with Gasteiger partial charge in [0.1, 0.15) is 5.82 Å². The van der Waals surface area contributed by atoms with Gasteiger partial charge in [-0.25, -0.2) is 9.18 Å². The second-order valence-corrected chi connectivity index (χ2v) is 5.56. The Kier molecular flexibility index (Phi) is 5.76. The van der Waals surface area contributed by atoms with E-state index < -0.39 is 11.8 Å². The van der Waals surface area contributed by atoms with Gasteiger partial charge in [-0.2, -0.15) is 0 Å². The topological polar surface area (TPSA) is 78.4 Å². The Morgan fingerprint density at radius 3 is 2.71 bits per heavy atom. The van der Waals surface area contributed by atoms with Gasteiger partial charge in [0.15, 0.2) is 0 Å². The summed E-state index contributed by atoms with van der Waals surface area (Å²) in [5.41, 5.74) is 1.64. The van der Waals surface area contributed by atoms with Crippen LogP contribution in [0.1, 0.15) is 21.5 Å². The van der Waals surface area contributed by atoms with Gasteiger partial charge in [-0.05, 0) is 42.8 Å². The molecule has 2 aromatic rings. The van der Waals surface area contributed by atoms with Crippen molar-refractivity contribution in [3.8, 4) is 0 Å². The van der Waals surface area contributed by atoms with E-state index >= 15 is 0 Å². The zero-order valence-corrected chi connectivity index (χ0v) is 13.7. The average molecular weight is 351 g/mol. The summed E-state index contributed by atoms with van der Waals surface area (Å²) in [5, 5.41) is 15.0. The van der Waals surface area contributed by atoms with Gasteiger partial charge in [0.2, 0.25) is 5.91 Å². The molecule has 0 bridgehead atoms. The van der Waals surface area contributed by atoms with Gasteiger partial charge in [0.25, 0.3) is 0 Å². The van der Waals surface area contributed by atoms with E-state index in [0.717, 1.165) is 17.3 Å². The van der Waals surface area contributed by atoms with Crippen molar-refractivity contribution >= 4 is 29.2 Å². The van der Waals surface area contributed by atoms with Crippen molar-refractivity contribution < 1.29 is 19.1 Å². The summed E-state index contributed by atoms with van der Waals surface area (Å²) in [6.07, 6.45) is 0. The number of hydrogen-bond donors (Lipinski definition) is 3. The minimum Gasteiger partial charge on any atom is -0.478 e. The Balaban J connectivity index is 1.93. The maximum Gasteiger partial charge on any atom is 0.335 e. The molecule has 24 heavy (non-hydrogen) atoms. The zero-order chi connectivity index (χ0) is 17.7. The Labute approximate surface area is 143 Å². The van der Waals surface area contributed by atoms with Crippen LogP contribution in [0.2, 0.25) is 5.02 Å². The quantitative estimate of drug-likeness (QED) is 0.747. The molecule has 0 spiro atoms. The van der Waals surface area contributed by atoms with Crippen LogP contribution in [0.25, 0.3) is 0 Å². The minimum atomic E-state index is -1.15. The number of rotatable bonds is 6. The Morgan fingerprint density at radius 1 is 1.25 bits per heavy atom. The smallest absolute Gasteiger partial charge is 0.335 e. The molecule has 3 N–H and O–H groups in total. The van der Waals surface area contributed by atoms with Gasteiger partial charge in [0.05, 0.1) is 12.1 Å². The number of carbonyl (C=O) groups is 2. The predicted octanol–water partition coefficient (Wildman–Crippen LogP) is 3.21. The highest BCUT2D eigenvalue weighted by atomic mass is 35.5. The molecule has 0 unspecified atom stereocenters. The molecule has 0 saturated heterocycles. The van der Waals surface area contributed by atoms with E-state index in [1.165, 1.54) is 12.1 Å². The first-order valence-corrected chi connectivity index (χ1v) is 7.53. The molecule has 126 valence electrons. The summed E-state index contributed by atoms with van der Waals surface area (Å²) in [7, 11) is 0. The lowest BCUT2D eigenvalue weighted by Gasteiger charge is -2.11. The number of aromatic carboxylic acids is 1. The van der Waals surface area contributed by atoms with Crippen LogP contribution in [-0.4, -0.2) is 23.5 Å². The second kappa shape index (κ2) is 7.79. The molecular formula is C17H16ClFN2O3. The highest BCUT2D eigenvalue weighted by Gasteiger charge is 2.10. The van der Waals surface area contributed by atoms with Gasteiger partial charge in [-0.3, -0.25) is 4.79 Å². The molecule has 0 aromatic heterocycles. The fourth-order valence-corrected chi connectivity index (χ4v) is 2.25. The third kappa shape index (κ3) is 4.45. The van der Waals surface area contributed by atoms with E-state index in [4.69, 9.17) is 16.7 Å². The standard InChI is InChI=1S/C17H16ClFN2O3/c1-10-13(18)3-2-4-15(10)20-9-16(22)21-8-12-7-11(17(23)24)5-6-14(12)19/h2-7,20H,8-9H2,1H3,(H,21,22)(H,23,24). The SMILES string of the molecule is Cc1c(Cl)cccc1NCC(=O)NCc1cc(C(=O)O)ccc1F. The number of carbonyl (C=O) groups excluding carboxylic acids is 1. The second-order valence-electron chi connectivity index (χ2n) is 5.15. The molecule has 0 fully saturated rings. The van der Waals surface area contributed by atoms with Gasteiger partial charge < -0.3 is 15.7 Å². The molecule has 0 aliphatic rings. The van der Waals surface area contributed by atoms with E-state index in [2.05, 4.69) is 10.6 Å². The normalized spacial score (nSPS) is 10.3. The highest BCUT2D eigenvalue weighted by Crippen LogP contribution is 2.22. The van der Waals surface area contributed by atoms with Gasteiger partial charge in [-0.15, -0.1) is 0 Å². The first-order valence-electron chi connectivity index (χ1n) is 7.16. The Hall–Kier alpha value is -2.60. The molecule has 7 heteroatoms. The number of halogens is 2. The van der Waals surface area contributed by atoms with E-state index in [0.29, 0.717) is 5.02 Å². The summed E-state index contributed by atoms with van der Waals surface area (Å²) in [5.74, 6) is -2.07. The van der Waals surface area contributed by atoms with Crippen molar-refractivity contribution in [1.82, 2.24) is 5.32 Å². The van der Waals surface area contributed by atoms with Crippen LogP contribution in [0.4, 0.5) is 10.1 Å². The fraction of sp³-hybridized carbons (Fsp3) is 0.176. The van der Waals surface area contributed by atoms with Crippen LogP contribution in [0.5, 0.6) is 0 Å². The summed E-state index contributed by atoms with van der Waals surface area (Å²) < 4.78 is 13.7. The minimum absolute atomic E-state index is 0.0125. The summed E-state index contributed by atoms with van der Waals surface area (Å²) in [6.45, 7) is 1.72. The molecule has 1 amide bonds. The molecular weight excluding hydrogens is 335 g/mol. The van der Waals surface area contributed by atoms with Crippen molar-refractivity contribution in [2.24, 2.45) is 0 Å². The van der Waals surface area contributed by atoms with Crippen LogP contribution in [0, 0.1) is 12.7 Å². The number of nitrogens with one attached hydrogen (secondary N) is 2. The zero-order valence-electron chi connectivity index (χ0n) is 12.9. The number of benzene rings is 2. The van der Waals surface area contributed by atoms with E-state index in [1.807, 2.05) is 6.92 Å². The third-order valence-electron chi connectivity index (χ3n) is 3.48. The van der Waals surface area contributed by atoms with E-state index in [9.17, 15) is 14.0 Å².